The van der Waals surface area contributed by atoms with Crippen LogP contribution in [-0.2, 0) is 9.47 Å². The van der Waals surface area contributed by atoms with E-state index in [1.54, 1.807) is 0 Å². The predicted molar refractivity (Wildman–Crippen MR) is 71.0 cm³/mol. The monoisotopic (exact) mass is 282 g/mol. The van der Waals surface area contributed by atoms with Gasteiger partial charge in [0.05, 0.1) is 32.2 Å². The highest BCUT2D eigenvalue weighted by Crippen LogP contribution is 2.30. The van der Waals surface area contributed by atoms with Crippen LogP contribution in [0, 0.1) is 11.7 Å². The topological polar surface area (TPSA) is 68.3 Å². The minimum atomic E-state index is -0.430. The van der Waals surface area contributed by atoms with E-state index in [1.165, 1.54) is 0 Å². The summed E-state index contributed by atoms with van der Waals surface area (Å²) in [5.74, 6) is 0.398. The van der Waals surface area contributed by atoms with Crippen molar-refractivity contribution in [3.05, 3.63) is 18.2 Å². The van der Waals surface area contributed by atoms with Crippen LogP contribution >= 0.6 is 0 Å². The molecule has 0 aromatic carbocycles. The van der Waals surface area contributed by atoms with E-state index < -0.39 is 5.82 Å². The Balaban J connectivity index is 1.51. The van der Waals surface area contributed by atoms with Gasteiger partial charge in [-0.25, -0.2) is 14.4 Å². The second-order valence-electron chi connectivity index (χ2n) is 5.40. The molecule has 0 saturated carbocycles. The van der Waals surface area contributed by atoms with Crippen molar-refractivity contribution >= 4 is 5.95 Å². The molecule has 1 aromatic rings. The zero-order chi connectivity index (χ0) is 13.8. The summed E-state index contributed by atoms with van der Waals surface area (Å²) in [6, 6.07) is 0. The fraction of sp³-hybridized carbons (Fsp3) is 0.692. The molecule has 0 bridgehead atoms. The molecule has 2 fully saturated rings. The number of halogens is 1. The zero-order valence-corrected chi connectivity index (χ0v) is 11.3. The van der Waals surface area contributed by atoms with Crippen LogP contribution in [0.3, 0.4) is 0 Å². The Hall–Kier alpha value is -1.31. The van der Waals surface area contributed by atoms with E-state index in [1.807, 2.05) is 0 Å². The smallest absolute Gasteiger partial charge is 0.222 e. The van der Waals surface area contributed by atoms with Crippen LogP contribution in [0.25, 0.3) is 0 Å². The van der Waals surface area contributed by atoms with E-state index in [0.717, 1.165) is 38.5 Å². The fourth-order valence-corrected chi connectivity index (χ4v) is 2.70. The molecule has 3 rings (SSSR count). The second-order valence-corrected chi connectivity index (χ2v) is 5.40. The van der Waals surface area contributed by atoms with Crippen LogP contribution in [-0.4, -0.2) is 55.0 Å². The molecule has 3 heterocycles. The quantitative estimate of drug-likeness (QED) is 0.837. The lowest BCUT2D eigenvalue weighted by atomic mass is 9.95. The molecule has 2 aliphatic heterocycles. The first-order chi connectivity index (χ1) is 9.76. The van der Waals surface area contributed by atoms with Crippen molar-refractivity contribution in [2.45, 2.75) is 12.0 Å². The number of hydrogen-bond acceptors (Lipinski definition) is 6. The molecule has 20 heavy (non-hydrogen) atoms. The van der Waals surface area contributed by atoms with Gasteiger partial charge >= 0.3 is 0 Å². The van der Waals surface area contributed by atoms with Crippen molar-refractivity contribution in [2.24, 2.45) is 5.92 Å². The third-order valence-electron chi connectivity index (χ3n) is 3.69. The van der Waals surface area contributed by atoms with E-state index in [9.17, 15) is 4.39 Å². The zero-order valence-electron chi connectivity index (χ0n) is 11.3. The Morgan fingerprint density at radius 2 is 2.30 bits per heavy atom. The van der Waals surface area contributed by atoms with E-state index in [0.29, 0.717) is 31.6 Å². The largest absolute Gasteiger partial charge is 0.377 e. The summed E-state index contributed by atoms with van der Waals surface area (Å²) in [5.41, 5.74) is -0.202. The lowest BCUT2D eigenvalue weighted by molar-refractivity contribution is -0.0471. The summed E-state index contributed by atoms with van der Waals surface area (Å²) in [7, 11) is 0. The molecule has 2 atom stereocenters. The van der Waals surface area contributed by atoms with E-state index in [4.69, 9.17) is 9.47 Å². The molecule has 6 nitrogen and oxygen atoms in total. The molecule has 0 unspecified atom stereocenters. The minimum Gasteiger partial charge on any atom is -0.377 e. The molecular weight excluding hydrogens is 263 g/mol. The number of hydrogen-bond donors (Lipinski definition) is 2. The summed E-state index contributed by atoms with van der Waals surface area (Å²) in [4.78, 5) is 7.77. The minimum absolute atomic E-state index is 0.202. The number of anilines is 1. The number of rotatable bonds is 3. The number of aromatic nitrogens is 2. The molecule has 7 heteroatoms. The Labute approximate surface area is 117 Å². The Bertz CT molecular complexity index is 435. The van der Waals surface area contributed by atoms with Gasteiger partial charge in [0.1, 0.15) is 5.60 Å². The van der Waals surface area contributed by atoms with Crippen molar-refractivity contribution in [3.63, 3.8) is 0 Å². The van der Waals surface area contributed by atoms with Gasteiger partial charge in [-0.2, -0.15) is 0 Å². The molecule has 2 aliphatic rings. The van der Waals surface area contributed by atoms with Gasteiger partial charge in [-0.3, -0.25) is 0 Å². The van der Waals surface area contributed by atoms with E-state index in [-0.39, 0.29) is 5.60 Å². The molecule has 110 valence electrons. The van der Waals surface area contributed by atoms with Gasteiger partial charge < -0.3 is 20.1 Å². The second kappa shape index (κ2) is 5.99. The summed E-state index contributed by atoms with van der Waals surface area (Å²) >= 11 is 0. The van der Waals surface area contributed by atoms with Crippen molar-refractivity contribution in [1.82, 2.24) is 15.3 Å². The molecule has 2 saturated heterocycles. The molecule has 0 aliphatic carbocycles. The summed E-state index contributed by atoms with van der Waals surface area (Å²) in [5, 5.41) is 6.47. The van der Waals surface area contributed by atoms with Crippen LogP contribution in [0.5, 0.6) is 0 Å². The van der Waals surface area contributed by atoms with Gasteiger partial charge in [0.25, 0.3) is 0 Å². The van der Waals surface area contributed by atoms with Gasteiger partial charge in [0, 0.05) is 25.6 Å². The van der Waals surface area contributed by atoms with Crippen LogP contribution in [0.4, 0.5) is 10.3 Å². The van der Waals surface area contributed by atoms with E-state index in [2.05, 4.69) is 20.6 Å². The average molecular weight is 282 g/mol. The molecule has 1 aromatic heterocycles. The normalized spacial score (nSPS) is 30.4. The van der Waals surface area contributed by atoms with Gasteiger partial charge in [0.15, 0.2) is 5.82 Å². The SMILES string of the molecule is Fc1cnc(NC[C@@H]2CO[C@@]3(CNCCOC3)C2)nc1. The number of ether oxygens (including phenoxy) is 2. The lowest BCUT2D eigenvalue weighted by Crippen LogP contribution is -2.42. The Morgan fingerprint density at radius 3 is 3.15 bits per heavy atom. The van der Waals surface area contributed by atoms with Crippen LogP contribution in [0.15, 0.2) is 12.4 Å². The van der Waals surface area contributed by atoms with Gasteiger partial charge in [-0.1, -0.05) is 0 Å². The van der Waals surface area contributed by atoms with E-state index >= 15 is 0 Å². The highest BCUT2D eigenvalue weighted by atomic mass is 19.1. The maximum atomic E-state index is 12.7. The summed E-state index contributed by atoms with van der Waals surface area (Å²) in [6.45, 7) is 4.49. The van der Waals surface area contributed by atoms with Crippen LogP contribution in [0.1, 0.15) is 6.42 Å². The summed E-state index contributed by atoms with van der Waals surface area (Å²) < 4.78 is 24.2. The highest BCUT2D eigenvalue weighted by Gasteiger charge is 2.41. The molecule has 1 spiro atoms. The van der Waals surface area contributed by atoms with Gasteiger partial charge in [-0.15, -0.1) is 0 Å². The maximum Gasteiger partial charge on any atom is 0.222 e. The molecule has 2 N–H and O–H groups in total. The van der Waals surface area contributed by atoms with Gasteiger partial charge in [0.2, 0.25) is 5.95 Å². The maximum absolute atomic E-state index is 12.7. The molecule has 0 radical (unpaired) electrons. The predicted octanol–water partition coefficient (Wildman–Crippen LogP) is 0.423. The molecular formula is C13H19FN4O2. The Kier molecular flexibility index (Phi) is 4.09. The van der Waals surface area contributed by atoms with Crippen LogP contribution < -0.4 is 10.6 Å². The number of nitrogens with one attached hydrogen (secondary N) is 2. The third-order valence-corrected chi connectivity index (χ3v) is 3.69. The van der Waals surface area contributed by atoms with Crippen molar-refractivity contribution in [1.29, 1.82) is 0 Å². The fourth-order valence-electron chi connectivity index (χ4n) is 2.70. The van der Waals surface area contributed by atoms with Crippen molar-refractivity contribution in [2.75, 3.05) is 44.8 Å². The first-order valence-electron chi connectivity index (χ1n) is 6.90. The first kappa shape index (κ1) is 13.7. The first-order valence-corrected chi connectivity index (χ1v) is 6.90. The van der Waals surface area contributed by atoms with Crippen molar-refractivity contribution in [3.8, 4) is 0 Å². The third kappa shape index (κ3) is 3.23. The number of nitrogens with zero attached hydrogens (tertiary/aromatic N) is 2. The highest BCUT2D eigenvalue weighted by molar-refractivity contribution is 5.22. The summed E-state index contributed by atoms with van der Waals surface area (Å²) in [6.07, 6.45) is 3.25. The lowest BCUT2D eigenvalue weighted by Gasteiger charge is -2.25. The standard InChI is InChI=1S/C13H19FN4O2/c14-11-5-17-12(18-6-11)16-4-10-3-13(20-7-10)8-15-1-2-19-9-13/h5-6,10,15H,1-4,7-9H2,(H,16,17,18)/t10-,13-/m1/s1. The van der Waals surface area contributed by atoms with Gasteiger partial charge in [-0.05, 0) is 6.42 Å². The van der Waals surface area contributed by atoms with Crippen molar-refractivity contribution < 1.29 is 13.9 Å². The van der Waals surface area contributed by atoms with Crippen LogP contribution in [0.2, 0.25) is 0 Å². The average Bonchev–Trinajstić information content (AvgIpc) is 2.71. The molecule has 0 amide bonds. The Morgan fingerprint density at radius 1 is 1.45 bits per heavy atom.